The van der Waals surface area contributed by atoms with Gasteiger partial charge in [-0.25, -0.2) is 0 Å². The quantitative estimate of drug-likeness (QED) is 0.629. The van der Waals surface area contributed by atoms with Crippen LogP contribution in [0.5, 0.6) is 0 Å². The van der Waals surface area contributed by atoms with E-state index in [1.165, 1.54) is 6.42 Å². The molecule has 106 valence electrons. The van der Waals surface area contributed by atoms with E-state index in [2.05, 4.69) is 20.8 Å². The molecule has 0 aliphatic heterocycles. The molecule has 18 heavy (non-hydrogen) atoms. The molecule has 0 aliphatic carbocycles. The molecule has 0 aromatic heterocycles. The Morgan fingerprint density at radius 3 is 2.00 bits per heavy atom. The lowest BCUT2D eigenvalue weighted by Gasteiger charge is -2.15. The van der Waals surface area contributed by atoms with Crippen molar-refractivity contribution in [3.8, 4) is 0 Å². The zero-order valence-corrected chi connectivity index (χ0v) is 11.7. The number of carbonyl (C=O) groups is 2. The van der Waals surface area contributed by atoms with Crippen LogP contribution in [-0.4, -0.2) is 22.2 Å². The summed E-state index contributed by atoms with van der Waals surface area (Å²) < 4.78 is 0. The lowest BCUT2D eigenvalue weighted by atomic mass is 9.91. The van der Waals surface area contributed by atoms with E-state index in [1.807, 2.05) is 0 Å². The third kappa shape index (κ3) is 9.02. The summed E-state index contributed by atoms with van der Waals surface area (Å²) in [5, 5.41) is 17.6. The van der Waals surface area contributed by atoms with Gasteiger partial charge >= 0.3 is 11.9 Å². The van der Waals surface area contributed by atoms with E-state index in [0.29, 0.717) is 18.3 Å². The predicted molar refractivity (Wildman–Crippen MR) is 70.5 cm³/mol. The normalized spacial score (nSPS) is 14.4. The van der Waals surface area contributed by atoms with Gasteiger partial charge in [-0.2, -0.15) is 0 Å². The Bertz CT molecular complexity index is 261. The average molecular weight is 258 g/mol. The minimum Gasteiger partial charge on any atom is -0.481 e. The van der Waals surface area contributed by atoms with Gasteiger partial charge in [0.2, 0.25) is 0 Å². The fourth-order valence-corrected chi connectivity index (χ4v) is 2.03. The number of aliphatic carboxylic acids is 2. The van der Waals surface area contributed by atoms with Crippen LogP contribution >= 0.6 is 0 Å². The molecular weight excluding hydrogens is 232 g/mol. The largest absolute Gasteiger partial charge is 0.481 e. The highest BCUT2D eigenvalue weighted by Crippen LogP contribution is 2.21. The van der Waals surface area contributed by atoms with Crippen LogP contribution in [0.4, 0.5) is 0 Å². The first-order chi connectivity index (χ1) is 8.32. The summed E-state index contributed by atoms with van der Waals surface area (Å²) in [6.45, 7) is 6.50. The van der Waals surface area contributed by atoms with E-state index in [1.54, 1.807) is 0 Å². The highest BCUT2D eigenvalue weighted by molar-refractivity contribution is 5.77. The van der Waals surface area contributed by atoms with E-state index in [4.69, 9.17) is 10.2 Å². The van der Waals surface area contributed by atoms with Crippen LogP contribution in [-0.2, 0) is 9.59 Å². The van der Waals surface area contributed by atoms with Gasteiger partial charge < -0.3 is 10.2 Å². The standard InChI is InChI=1S/C14H26O4/c1-10(2)5-4-6-11(3)7-8-12(14(17)18)9-13(15)16/h10-12H,4-9H2,1-3H3,(H,15,16)(H,17,18). The van der Waals surface area contributed by atoms with E-state index in [9.17, 15) is 9.59 Å². The average Bonchev–Trinajstić information content (AvgIpc) is 2.22. The van der Waals surface area contributed by atoms with Gasteiger partial charge in [-0.15, -0.1) is 0 Å². The summed E-state index contributed by atoms with van der Waals surface area (Å²) in [4.78, 5) is 21.4. The Kier molecular flexibility index (Phi) is 8.42. The Hall–Kier alpha value is -1.06. The van der Waals surface area contributed by atoms with Crippen molar-refractivity contribution in [3.63, 3.8) is 0 Å². The molecule has 2 N–H and O–H groups in total. The van der Waals surface area contributed by atoms with Crippen molar-refractivity contribution in [1.82, 2.24) is 0 Å². The highest BCUT2D eigenvalue weighted by atomic mass is 16.4. The van der Waals surface area contributed by atoms with Crippen molar-refractivity contribution in [3.05, 3.63) is 0 Å². The maximum Gasteiger partial charge on any atom is 0.307 e. The molecule has 0 radical (unpaired) electrons. The van der Waals surface area contributed by atoms with Crippen molar-refractivity contribution in [1.29, 1.82) is 0 Å². The van der Waals surface area contributed by atoms with Gasteiger partial charge in [0.1, 0.15) is 0 Å². The van der Waals surface area contributed by atoms with Crippen LogP contribution in [0.1, 0.15) is 59.3 Å². The maximum absolute atomic E-state index is 10.9. The summed E-state index contributed by atoms with van der Waals surface area (Å²) in [6, 6.07) is 0. The molecule has 4 nitrogen and oxygen atoms in total. The Morgan fingerprint density at radius 1 is 0.944 bits per heavy atom. The molecule has 4 heteroatoms. The van der Waals surface area contributed by atoms with Gasteiger partial charge in [0.05, 0.1) is 12.3 Å². The lowest BCUT2D eigenvalue weighted by Crippen LogP contribution is -2.18. The molecule has 0 heterocycles. The minimum absolute atomic E-state index is 0.270. The second-order valence-corrected chi connectivity index (χ2v) is 5.64. The summed E-state index contributed by atoms with van der Waals surface area (Å²) >= 11 is 0. The topological polar surface area (TPSA) is 74.6 Å². The number of carboxylic acids is 2. The summed E-state index contributed by atoms with van der Waals surface area (Å²) in [5.74, 6) is -1.59. The second kappa shape index (κ2) is 8.95. The molecule has 0 spiro atoms. The van der Waals surface area contributed by atoms with E-state index < -0.39 is 17.9 Å². The molecule has 0 saturated heterocycles. The molecule has 0 rings (SSSR count). The summed E-state index contributed by atoms with van der Waals surface area (Å²) in [7, 11) is 0. The molecule has 0 fully saturated rings. The molecule has 0 aromatic carbocycles. The zero-order valence-electron chi connectivity index (χ0n) is 11.7. The van der Waals surface area contributed by atoms with E-state index in [0.717, 1.165) is 19.3 Å². The summed E-state index contributed by atoms with van der Waals surface area (Å²) in [6.07, 6.45) is 4.44. The smallest absolute Gasteiger partial charge is 0.307 e. The van der Waals surface area contributed by atoms with Gasteiger partial charge in [-0.05, 0) is 24.7 Å². The fraction of sp³-hybridized carbons (Fsp3) is 0.857. The van der Waals surface area contributed by atoms with Crippen LogP contribution < -0.4 is 0 Å². The minimum atomic E-state index is -1.03. The number of rotatable bonds is 10. The second-order valence-electron chi connectivity index (χ2n) is 5.64. The zero-order chi connectivity index (χ0) is 14.1. The van der Waals surface area contributed by atoms with Crippen molar-refractivity contribution < 1.29 is 19.8 Å². The van der Waals surface area contributed by atoms with Gasteiger partial charge in [-0.1, -0.05) is 40.0 Å². The number of hydrogen-bond donors (Lipinski definition) is 2. The fourth-order valence-electron chi connectivity index (χ4n) is 2.03. The Labute approximate surface area is 109 Å². The molecule has 0 aliphatic rings. The first-order valence-corrected chi connectivity index (χ1v) is 6.77. The predicted octanol–water partition coefficient (Wildman–Crippen LogP) is 3.40. The van der Waals surface area contributed by atoms with Crippen LogP contribution in [0.2, 0.25) is 0 Å². The lowest BCUT2D eigenvalue weighted by molar-refractivity contribution is -0.148. The van der Waals surface area contributed by atoms with Gasteiger partial charge in [0, 0.05) is 0 Å². The van der Waals surface area contributed by atoms with E-state index >= 15 is 0 Å². The first kappa shape index (κ1) is 16.9. The van der Waals surface area contributed by atoms with Crippen LogP contribution in [0, 0.1) is 17.8 Å². The molecule has 0 saturated carbocycles. The molecular formula is C14H26O4. The van der Waals surface area contributed by atoms with Gasteiger partial charge in [0.15, 0.2) is 0 Å². The molecule has 0 bridgehead atoms. The van der Waals surface area contributed by atoms with Crippen molar-refractivity contribution in [2.75, 3.05) is 0 Å². The van der Waals surface area contributed by atoms with Gasteiger partial charge in [-0.3, -0.25) is 9.59 Å². The summed E-state index contributed by atoms with van der Waals surface area (Å²) in [5.41, 5.74) is 0. The van der Waals surface area contributed by atoms with E-state index in [-0.39, 0.29) is 6.42 Å². The third-order valence-corrected chi connectivity index (χ3v) is 3.26. The Balaban J connectivity index is 3.88. The Morgan fingerprint density at radius 2 is 1.56 bits per heavy atom. The highest BCUT2D eigenvalue weighted by Gasteiger charge is 2.21. The maximum atomic E-state index is 10.9. The van der Waals surface area contributed by atoms with Crippen LogP contribution in [0.3, 0.4) is 0 Å². The molecule has 2 unspecified atom stereocenters. The third-order valence-electron chi connectivity index (χ3n) is 3.26. The first-order valence-electron chi connectivity index (χ1n) is 6.77. The number of carboxylic acid groups (broad SMARTS) is 2. The monoisotopic (exact) mass is 258 g/mol. The molecule has 0 aromatic rings. The van der Waals surface area contributed by atoms with Crippen molar-refractivity contribution in [2.45, 2.75) is 59.3 Å². The van der Waals surface area contributed by atoms with Crippen LogP contribution in [0.25, 0.3) is 0 Å². The SMILES string of the molecule is CC(C)CCCC(C)CCC(CC(=O)O)C(=O)O. The molecule has 2 atom stereocenters. The molecule has 0 amide bonds. The number of hydrogen-bond acceptors (Lipinski definition) is 2. The van der Waals surface area contributed by atoms with Gasteiger partial charge in [0.25, 0.3) is 0 Å². The van der Waals surface area contributed by atoms with Crippen molar-refractivity contribution in [2.24, 2.45) is 17.8 Å². The van der Waals surface area contributed by atoms with Crippen molar-refractivity contribution >= 4 is 11.9 Å². The van der Waals surface area contributed by atoms with Crippen LogP contribution in [0.15, 0.2) is 0 Å².